The zero-order valence-corrected chi connectivity index (χ0v) is 18.2. The first-order chi connectivity index (χ1) is 16.8. The molecule has 0 radical (unpaired) electrons. The molecule has 0 atom stereocenters. The molecule has 5 rings (SSSR count). The number of carboxylic acid groups (broad SMARTS) is 2. The van der Waals surface area contributed by atoms with Crippen LogP contribution in [-0.4, -0.2) is 38.9 Å². The molecule has 3 N–H and O–H groups in total. The van der Waals surface area contributed by atoms with Crippen LogP contribution in [-0.2, 0) is 16.1 Å². The Labute approximate surface area is 199 Å². The number of carboxylic acids is 2. The third kappa shape index (κ3) is 3.76. The Morgan fingerprint density at radius 3 is 1.83 bits per heavy atom. The fraction of sp³-hybridized carbons (Fsp3) is 0.0370. The molecular weight excluding hydrogens is 448 g/mol. The van der Waals surface area contributed by atoms with E-state index in [0.717, 1.165) is 6.07 Å². The molecule has 8 heteroatoms. The Morgan fingerprint density at radius 2 is 1.29 bits per heavy atom. The number of carbonyl (C=O) groups excluding carboxylic acids is 2. The average Bonchev–Trinajstić information content (AvgIpc) is 3.35. The summed E-state index contributed by atoms with van der Waals surface area (Å²) in [5.74, 6) is -3.42. The molecule has 0 aromatic heterocycles. The first-order valence-electron chi connectivity index (χ1n) is 10.7. The van der Waals surface area contributed by atoms with E-state index in [0.29, 0.717) is 28.1 Å². The summed E-state index contributed by atoms with van der Waals surface area (Å²) in [4.78, 5) is 51.4. The number of nitrogens with one attached hydrogen (secondary N) is 1. The van der Waals surface area contributed by atoms with Gasteiger partial charge in [-0.25, -0.2) is 9.59 Å². The van der Waals surface area contributed by atoms with Crippen molar-refractivity contribution in [2.45, 2.75) is 6.54 Å². The number of fused-ring (bicyclic) bond motifs is 1. The molecule has 2 aliphatic heterocycles. The van der Waals surface area contributed by atoms with E-state index < -0.39 is 23.8 Å². The molecule has 8 nitrogen and oxygen atoms in total. The monoisotopic (exact) mass is 466 g/mol. The Balaban J connectivity index is 1.68. The van der Waals surface area contributed by atoms with Crippen LogP contribution < -0.4 is 5.32 Å². The van der Waals surface area contributed by atoms with Crippen molar-refractivity contribution in [2.24, 2.45) is 0 Å². The Morgan fingerprint density at radius 1 is 0.743 bits per heavy atom. The van der Waals surface area contributed by atoms with Gasteiger partial charge in [-0.15, -0.1) is 0 Å². The largest absolute Gasteiger partial charge is 0.478 e. The second-order valence-corrected chi connectivity index (χ2v) is 8.08. The summed E-state index contributed by atoms with van der Waals surface area (Å²) < 4.78 is 0. The van der Waals surface area contributed by atoms with E-state index in [1.165, 1.54) is 17.0 Å². The molecule has 0 bridgehead atoms. The van der Waals surface area contributed by atoms with Crippen LogP contribution in [0.3, 0.4) is 0 Å². The fourth-order valence-electron chi connectivity index (χ4n) is 4.37. The summed E-state index contributed by atoms with van der Waals surface area (Å²) in [5, 5.41) is 21.7. The number of aromatic carboxylic acids is 2. The number of hydrogen-bond donors (Lipinski definition) is 3. The van der Waals surface area contributed by atoms with Crippen LogP contribution in [0.15, 0.2) is 90.0 Å². The van der Waals surface area contributed by atoms with Crippen molar-refractivity contribution in [1.29, 1.82) is 0 Å². The number of carbonyl (C=O) groups is 4. The maximum absolute atomic E-state index is 13.7. The van der Waals surface area contributed by atoms with Gasteiger partial charge in [0, 0.05) is 0 Å². The van der Waals surface area contributed by atoms with E-state index in [1.54, 1.807) is 48.5 Å². The van der Waals surface area contributed by atoms with Gasteiger partial charge in [0.2, 0.25) is 0 Å². The molecule has 172 valence electrons. The Hall–Kier alpha value is -4.98. The quantitative estimate of drug-likeness (QED) is 0.512. The Bertz CT molecular complexity index is 1440. The molecule has 0 aliphatic carbocycles. The van der Waals surface area contributed by atoms with Crippen molar-refractivity contribution in [2.75, 3.05) is 0 Å². The predicted octanol–water partition coefficient (Wildman–Crippen LogP) is 3.38. The van der Waals surface area contributed by atoms with Crippen LogP contribution in [0.1, 0.15) is 37.4 Å². The highest BCUT2D eigenvalue weighted by Crippen LogP contribution is 2.43. The van der Waals surface area contributed by atoms with E-state index in [2.05, 4.69) is 5.32 Å². The smallest absolute Gasteiger partial charge is 0.335 e. The van der Waals surface area contributed by atoms with Crippen molar-refractivity contribution in [3.8, 4) is 0 Å². The molecule has 35 heavy (non-hydrogen) atoms. The summed E-state index contributed by atoms with van der Waals surface area (Å²) in [6.45, 7) is -0.118. The molecular formula is C27H18N2O6. The van der Waals surface area contributed by atoms with Crippen LogP contribution >= 0.6 is 0 Å². The molecule has 2 aliphatic rings. The summed E-state index contributed by atoms with van der Waals surface area (Å²) in [6, 6.07) is 21.7. The van der Waals surface area contributed by atoms with Crippen molar-refractivity contribution in [3.05, 3.63) is 118 Å². The van der Waals surface area contributed by atoms with Crippen molar-refractivity contribution >= 4 is 35.1 Å². The molecule has 0 saturated heterocycles. The van der Waals surface area contributed by atoms with Crippen LogP contribution in [0.25, 0.3) is 11.4 Å². The minimum Gasteiger partial charge on any atom is -0.478 e. The highest BCUT2D eigenvalue weighted by atomic mass is 16.4. The highest BCUT2D eigenvalue weighted by molar-refractivity contribution is 6.30. The molecule has 3 aromatic carbocycles. The van der Waals surface area contributed by atoms with Crippen LogP contribution in [0, 0.1) is 0 Å². The fourth-order valence-corrected chi connectivity index (χ4v) is 4.37. The summed E-state index contributed by atoms with van der Waals surface area (Å²) in [7, 11) is 0. The van der Waals surface area contributed by atoms with Gasteiger partial charge in [-0.1, -0.05) is 60.7 Å². The van der Waals surface area contributed by atoms with Gasteiger partial charge < -0.3 is 20.4 Å². The molecule has 3 aromatic rings. The van der Waals surface area contributed by atoms with Gasteiger partial charge in [0.05, 0.1) is 40.2 Å². The second-order valence-electron chi connectivity index (χ2n) is 8.08. The zero-order chi connectivity index (χ0) is 24.7. The van der Waals surface area contributed by atoms with E-state index in [1.807, 2.05) is 12.1 Å². The lowest BCUT2D eigenvalue weighted by Crippen LogP contribution is -2.27. The van der Waals surface area contributed by atoms with Gasteiger partial charge in [0.1, 0.15) is 0 Å². The van der Waals surface area contributed by atoms with Gasteiger partial charge in [0.15, 0.2) is 0 Å². The number of amides is 2. The number of hydrogen-bond acceptors (Lipinski definition) is 4. The van der Waals surface area contributed by atoms with Gasteiger partial charge in [-0.3, -0.25) is 9.59 Å². The molecule has 0 saturated carbocycles. The predicted molar refractivity (Wildman–Crippen MR) is 126 cm³/mol. The van der Waals surface area contributed by atoms with Crippen LogP contribution in [0.4, 0.5) is 0 Å². The minimum absolute atomic E-state index is 0.118. The zero-order valence-electron chi connectivity index (χ0n) is 18.2. The van der Waals surface area contributed by atoms with Crippen molar-refractivity contribution < 1.29 is 29.4 Å². The number of nitrogens with zero attached hydrogens (tertiary/aromatic N) is 1. The standard InChI is InChI=1S/C27H18N2O6/c30-24-21-20(22(28-24)16-7-3-1-4-8-16)25(31)29(23(21)17-9-5-2-6-10-17)14-15-11-18(26(32)33)13-19(12-15)27(34)35/h1-13H,14H2,(H,28,30)(H,32,33)(H,34,35). The second kappa shape index (κ2) is 8.42. The lowest BCUT2D eigenvalue weighted by molar-refractivity contribution is -0.123. The van der Waals surface area contributed by atoms with Crippen LogP contribution in [0.2, 0.25) is 0 Å². The first-order valence-corrected chi connectivity index (χ1v) is 10.7. The lowest BCUT2D eigenvalue weighted by atomic mass is 10.0. The van der Waals surface area contributed by atoms with Gasteiger partial charge in [-0.2, -0.15) is 0 Å². The number of rotatable bonds is 6. The third-order valence-electron chi connectivity index (χ3n) is 5.87. The maximum Gasteiger partial charge on any atom is 0.335 e. The SMILES string of the molecule is O=C1NC(c2ccccc2)=C2C(=O)N(Cc3cc(C(=O)O)cc(C(=O)O)c3)C(c3ccccc3)=C12. The van der Waals surface area contributed by atoms with E-state index in [4.69, 9.17) is 0 Å². The van der Waals surface area contributed by atoms with Gasteiger partial charge in [-0.05, 0) is 34.9 Å². The highest BCUT2D eigenvalue weighted by Gasteiger charge is 2.45. The van der Waals surface area contributed by atoms with Gasteiger partial charge in [0.25, 0.3) is 11.8 Å². The average molecular weight is 466 g/mol. The summed E-state index contributed by atoms with van der Waals surface area (Å²) >= 11 is 0. The van der Waals surface area contributed by atoms with E-state index in [-0.39, 0.29) is 28.8 Å². The summed E-state index contributed by atoms with van der Waals surface area (Å²) in [5.41, 5.74) is 2.44. The van der Waals surface area contributed by atoms with Crippen molar-refractivity contribution in [3.63, 3.8) is 0 Å². The maximum atomic E-state index is 13.7. The Kier molecular flexibility index (Phi) is 5.25. The molecule has 0 unspecified atom stereocenters. The van der Waals surface area contributed by atoms with Crippen molar-refractivity contribution in [1.82, 2.24) is 10.2 Å². The number of benzene rings is 3. The minimum atomic E-state index is -1.28. The summed E-state index contributed by atoms with van der Waals surface area (Å²) in [6.07, 6.45) is 0. The molecule has 0 spiro atoms. The molecule has 2 heterocycles. The van der Waals surface area contributed by atoms with Gasteiger partial charge >= 0.3 is 11.9 Å². The van der Waals surface area contributed by atoms with E-state index >= 15 is 0 Å². The topological polar surface area (TPSA) is 124 Å². The molecule has 0 fully saturated rings. The third-order valence-corrected chi connectivity index (χ3v) is 5.87. The van der Waals surface area contributed by atoms with E-state index in [9.17, 15) is 29.4 Å². The molecule has 2 amide bonds. The lowest BCUT2D eigenvalue weighted by Gasteiger charge is -2.22. The normalized spacial score (nSPS) is 14.9. The first kappa shape index (κ1) is 21.8. The van der Waals surface area contributed by atoms with Crippen LogP contribution in [0.5, 0.6) is 0 Å².